The minimum Gasteiger partial charge on any atom is -0.473 e. The first-order chi connectivity index (χ1) is 5.36. The van der Waals surface area contributed by atoms with E-state index in [-0.39, 0.29) is 0 Å². The van der Waals surface area contributed by atoms with Gasteiger partial charge in [-0.05, 0) is 35.2 Å². The van der Waals surface area contributed by atoms with E-state index in [2.05, 4.69) is 20.9 Å². The molecule has 60 valence electrons. The summed E-state index contributed by atoms with van der Waals surface area (Å²) in [5, 5.41) is 0. The molecule has 1 heterocycles. The summed E-state index contributed by atoms with van der Waals surface area (Å²) < 4.78 is 6.58. The van der Waals surface area contributed by atoms with E-state index in [1.807, 2.05) is 0 Å². The molecule has 2 nitrogen and oxygen atoms in total. The van der Waals surface area contributed by atoms with Crippen LogP contribution in [0.3, 0.4) is 0 Å². The SMILES string of the molecule is Brc1scnc1OC1CCC1. The molecule has 1 aliphatic carbocycles. The van der Waals surface area contributed by atoms with Crippen LogP contribution in [0.5, 0.6) is 5.88 Å². The van der Waals surface area contributed by atoms with E-state index < -0.39 is 0 Å². The van der Waals surface area contributed by atoms with Gasteiger partial charge < -0.3 is 4.74 Å². The highest BCUT2D eigenvalue weighted by Crippen LogP contribution is 2.31. The molecule has 0 spiro atoms. The number of rotatable bonds is 2. The number of aromatic nitrogens is 1. The molecule has 2 rings (SSSR count). The quantitative estimate of drug-likeness (QED) is 0.784. The molecule has 1 aromatic rings. The number of hydrogen-bond acceptors (Lipinski definition) is 3. The van der Waals surface area contributed by atoms with Gasteiger partial charge in [0.2, 0.25) is 5.88 Å². The lowest BCUT2D eigenvalue weighted by Crippen LogP contribution is -2.24. The van der Waals surface area contributed by atoms with Crippen LogP contribution in [-0.4, -0.2) is 11.1 Å². The summed E-state index contributed by atoms with van der Waals surface area (Å²) in [5.74, 6) is 0.764. The van der Waals surface area contributed by atoms with Crippen molar-refractivity contribution in [1.29, 1.82) is 0 Å². The average Bonchev–Trinajstić information content (AvgIpc) is 2.27. The van der Waals surface area contributed by atoms with Crippen molar-refractivity contribution in [2.24, 2.45) is 0 Å². The highest BCUT2D eigenvalue weighted by Gasteiger charge is 2.20. The molecule has 0 unspecified atom stereocenters. The van der Waals surface area contributed by atoms with Crippen LogP contribution in [0.4, 0.5) is 0 Å². The molecule has 0 aromatic carbocycles. The lowest BCUT2D eigenvalue weighted by atomic mass is 9.96. The number of thiazole rings is 1. The first-order valence-corrected chi connectivity index (χ1v) is 5.29. The van der Waals surface area contributed by atoms with Gasteiger partial charge in [0.1, 0.15) is 9.89 Å². The first kappa shape index (κ1) is 7.55. The van der Waals surface area contributed by atoms with Crippen molar-refractivity contribution < 1.29 is 4.74 Å². The number of ether oxygens (including phenoxy) is 1. The summed E-state index contributed by atoms with van der Waals surface area (Å²) in [6.45, 7) is 0. The van der Waals surface area contributed by atoms with Crippen molar-refractivity contribution in [3.63, 3.8) is 0 Å². The smallest absolute Gasteiger partial charge is 0.239 e. The van der Waals surface area contributed by atoms with Crippen LogP contribution in [0.25, 0.3) is 0 Å². The Kier molecular flexibility index (Phi) is 2.13. The Hall–Kier alpha value is -0.0900. The van der Waals surface area contributed by atoms with Gasteiger partial charge in [-0.25, -0.2) is 4.98 Å². The van der Waals surface area contributed by atoms with Gasteiger partial charge >= 0.3 is 0 Å². The molecule has 0 saturated heterocycles. The standard InChI is InChI=1S/C7H8BrNOS/c8-6-7(9-4-11-6)10-5-2-1-3-5/h4-5H,1-3H2. The lowest BCUT2D eigenvalue weighted by Gasteiger charge is -2.25. The molecule has 1 aromatic heterocycles. The van der Waals surface area contributed by atoms with E-state index in [9.17, 15) is 0 Å². The fourth-order valence-electron chi connectivity index (χ4n) is 0.945. The van der Waals surface area contributed by atoms with E-state index in [4.69, 9.17) is 4.74 Å². The minimum absolute atomic E-state index is 0.424. The van der Waals surface area contributed by atoms with Gasteiger partial charge in [-0.1, -0.05) is 0 Å². The molecule has 11 heavy (non-hydrogen) atoms. The van der Waals surface area contributed by atoms with Crippen LogP contribution in [0.1, 0.15) is 19.3 Å². The van der Waals surface area contributed by atoms with Crippen molar-refractivity contribution in [3.05, 3.63) is 9.30 Å². The Bertz CT molecular complexity index is 246. The second-order valence-electron chi connectivity index (χ2n) is 2.60. The third kappa shape index (κ3) is 1.56. The molecule has 1 aliphatic rings. The van der Waals surface area contributed by atoms with Crippen LogP contribution in [0.15, 0.2) is 9.30 Å². The number of halogens is 1. The Morgan fingerprint density at radius 3 is 2.91 bits per heavy atom. The van der Waals surface area contributed by atoms with Crippen LogP contribution >= 0.6 is 27.3 Å². The van der Waals surface area contributed by atoms with Gasteiger partial charge in [0, 0.05) is 0 Å². The van der Waals surface area contributed by atoms with Gasteiger partial charge in [0.15, 0.2) is 0 Å². The fraction of sp³-hybridized carbons (Fsp3) is 0.571. The Morgan fingerprint density at radius 2 is 2.45 bits per heavy atom. The zero-order valence-electron chi connectivity index (χ0n) is 5.92. The molecule has 0 aliphatic heterocycles. The molecule has 1 saturated carbocycles. The zero-order valence-corrected chi connectivity index (χ0v) is 8.32. The maximum absolute atomic E-state index is 5.57. The maximum atomic E-state index is 5.57. The summed E-state index contributed by atoms with van der Waals surface area (Å²) >= 11 is 4.94. The van der Waals surface area contributed by atoms with E-state index >= 15 is 0 Å². The fourth-order valence-corrected chi connectivity index (χ4v) is 1.83. The monoisotopic (exact) mass is 233 g/mol. The highest BCUT2D eigenvalue weighted by atomic mass is 79.9. The Balaban J connectivity index is 1.99. The Morgan fingerprint density at radius 1 is 1.64 bits per heavy atom. The summed E-state index contributed by atoms with van der Waals surface area (Å²) in [6.07, 6.45) is 4.09. The van der Waals surface area contributed by atoms with Crippen LogP contribution in [0, 0.1) is 0 Å². The second-order valence-corrected chi connectivity index (χ2v) is 4.77. The highest BCUT2D eigenvalue weighted by molar-refractivity contribution is 9.11. The van der Waals surface area contributed by atoms with Gasteiger partial charge in [-0.15, -0.1) is 11.3 Å². The maximum Gasteiger partial charge on any atom is 0.239 e. The summed E-state index contributed by atoms with van der Waals surface area (Å²) in [6, 6.07) is 0. The van der Waals surface area contributed by atoms with Gasteiger partial charge in [-0.3, -0.25) is 0 Å². The summed E-state index contributed by atoms with van der Waals surface area (Å²) in [4.78, 5) is 4.09. The summed E-state index contributed by atoms with van der Waals surface area (Å²) in [7, 11) is 0. The molecule has 4 heteroatoms. The zero-order chi connectivity index (χ0) is 7.68. The van der Waals surface area contributed by atoms with Gasteiger partial charge in [-0.2, -0.15) is 0 Å². The van der Waals surface area contributed by atoms with E-state index in [1.165, 1.54) is 19.3 Å². The normalized spacial score (nSPS) is 17.9. The second kappa shape index (κ2) is 3.11. The average molecular weight is 234 g/mol. The molecule has 0 atom stereocenters. The van der Waals surface area contributed by atoms with Crippen molar-refractivity contribution in [1.82, 2.24) is 4.98 Å². The van der Waals surface area contributed by atoms with Crippen LogP contribution in [-0.2, 0) is 0 Å². The van der Waals surface area contributed by atoms with Crippen molar-refractivity contribution in [2.75, 3.05) is 0 Å². The molecular formula is C7H8BrNOS. The Labute approximate surface area is 77.7 Å². The molecule has 0 radical (unpaired) electrons. The first-order valence-electron chi connectivity index (χ1n) is 3.62. The minimum atomic E-state index is 0.424. The van der Waals surface area contributed by atoms with Gasteiger partial charge in [0.05, 0.1) is 5.51 Å². The largest absolute Gasteiger partial charge is 0.473 e. The van der Waals surface area contributed by atoms with Crippen LogP contribution < -0.4 is 4.74 Å². The lowest BCUT2D eigenvalue weighted by molar-refractivity contribution is 0.114. The number of nitrogens with zero attached hydrogens (tertiary/aromatic N) is 1. The molecule has 1 fully saturated rings. The molecule has 0 amide bonds. The third-order valence-corrected chi connectivity index (χ3v) is 3.32. The van der Waals surface area contributed by atoms with Gasteiger partial charge in [0.25, 0.3) is 0 Å². The van der Waals surface area contributed by atoms with E-state index in [1.54, 1.807) is 16.8 Å². The summed E-state index contributed by atoms with van der Waals surface area (Å²) in [5.41, 5.74) is 1.79. The molecule has 0 N–H and O–H groups in total. The third-order valence-electron chi connectivity index (χ3n) is 1.82. The van der Waals surface area contributed by atoms with Crippen LogP contribution in [0.2, 0.25) is 0 Å². The molecular weight excluding hydrogens is 226 g/mol. The predicted molar refractivity (Wildman–Crippen MR) is 48.1 cm³/mol. The van der Waals surface area contributed by atoms with Crippen molar-refractivity contribution in [3.8, 4) is 5.88 Å². The topological polar surface area (TPSA) is 22.1 Å². The van der Waals surface area contributed by atoms with Crippen molar-refractivity contribution >= 4 is 27.3 Å². The molecule has 0 bridgehead atoms. The van der Waals surface area contributed by atoms with E-state index in [0.717, 1.165) is 9.67 Å². The van der Waals surface area contributed by atoms with Crippen molar-refractivity contribution in [2.45, 2.75) is 25.4 Å². The number of hydrogen-bond donors (Lipinski definition) is 0. The van der Waals surface area contributed by atoms with E-state index in [0.29, 0.717) is 6.10 Å². The predicted octanol–water partition coefficient (Wildman–Crippen LogP) is 2.84.